The first-order valence-corrected chi connectivity index (χ1v) is 24.0. The van der Waals surface area contributed by atoms with E-state index in [9.17, 15) is 30.3 Å². The molecule has 1 saturated heterocycles. The zero-order chi connectivity index (χ0) is 44.4. The highest BCUT2D eigenvalue weighted by Crippen LogP contribution is 2.22. The molecule has 1 aliphatic heterocycles. The quantitative estimate of drug-likeness (QED) is 0.0266. The van der Waals surface area contributed by atoms with Crippen LogP contribution in [0.2, 0.25) is 0 Å². The van der Waals surface area contributed by atoms with E-state index >= 15 is 0 Å². The van der Waals surface area contributed by atoms with E-state index in [2.05, 4.69) is 104 Å². The van der Waals surface area contributed by atoms with Gasteiger partial charge in [0.05, 0.1) is 25.4 Å². The number of aliphatic hydroxyl groups excluding tert-OH is 5. The number of ether oxygens (including phenoxy) is 2. The predicted octanol–water partition coefficient (Wildman–Crippen LogP) is 10.5. The van der Waals surface area contributed by atoms with Gasteiger partial charge in [-0.05, 0) is 77.0 Å². The molecule has 9 heteroatoms. The number of rotatable bonds is 38. The van der Waals surface area contributed by atoms with Crippen LogP contribution in [-0.2, 0) is 14.3 Å². The number of carbonyl (C=O) groups is 1. The number of hydrogen-bond donors (Lipinski definition) is 6. The van der Waals surface area contributed by atoms with Gasteiger partial charge >= 0.3 is 0 Å². The zero-order valence-corrected chi connectivity index (χ0v) is 38.1. The largest absolute Gasteiger partial charge is 0.394 e. The Labute approximate surface area is 371 Å². The standard InChI is InChI=1S/C52H87NO8/c1-3-5-7-9-11-13-15-16-17-18-19-20-21-22-23-24-25-26-27-28-29-30-32-34-36-38-40-42-48(56)53-45(44-60-52-51(59)50(58)49(57)47(43-54)61-52)46(55)41-39-37-35-33-31-14-12-10-8-6-4-2/h5,7,11,13,16-17,19-20,22-23,25-26,28-29,39,41,45-47,49-52,54-55,57-59H,3-4,6,8-10,12,14-15,18,21,24,27,30-38,40,42-44H2,1-2H3,(H,53,56)/b7-5-,13-11-,17-16-,20-19-,23-22-,26-25-,29-28-,41-39+. The molecule has 1 fully saturated rings. The Morgan fingerprint density at radius 3 is 1.51 bits per heavy atom. The van der Waals surface area contributed by atoms with E-state index in [-0.39, 0.29) is 12.5 Å². The van der Waals surface area contributed by atoms with Crippen LogP contribution < -0.4 is 5.32 Å². The zero-order valence-electron chi connectivity index (χ0n) is 38.1. The fourth-order valence-electron chi connectivity index (χ4n) is 6.84. The van der Waals surface area contributed by atoms with Gasteiger partial charge in [-0.15, -0.1) is 0 Å². The number of hydrogen-bond acceptors (Lipinski definition) is 8. The summed E-state index contributed by atoms with van der Waals surface area (Å²) in [6.45, 7) is 3.61. The van der Waals surface area contributed by atoms with Gasteiger partial charge in [-0.1, -0.05) is 182 Å². The summed E-state index contributed by atoms with van der Waals surface area (Å²) in [5.41, 5.74) is 0. The van der Waals surface area contributed by atoms with Crippen molar-refractivity contribution in [2.75, 3.05) is 13.2 Å². The SMILES string of the molecule is CC/C=C\C/C=C\C/C=C\C/C=C\C/C=C\C/C=C\C/C=C\CCCCCCCC(=O)NC(COC1OC(CO)C(O)C(O)C1O)C(O)/C=C/CCCCCCCCCCC. The van der Waals surface area contributed by atoms with Crippen LogP contribution in [0.5, 0.6) is 0 Å². The second-order valence-electron chi connectivity index (χ2n) is 16.2. The van der Waals surface area contributed by atoms with Crippen molar-refractivity contribution in [3.63, 3.8) is 0 Å². The summed E-state index contributed by atoms with van der Waals surface area (Å²) in [5, 5.41) is 54.1. The van der Waals surface area contributed by atoms with Crippen LogP contribution >= 0.6 is 0 Å². The van der Waals surface area contributed by atoms with E-state index in [4.69, 9.17) is 9.47 Å². The number of unbranched alkanes of at least 4 members (excludes halogenated alkanes) is 14. The maximum absolute atomic E-state index is 13.0. The third-order valence-corrected chi connectivity index (χ3v) is 10.7. The Morgan fingerprint density at radius 1 is 0.574 bits per heavy atom. The summed E-state index contributed by atoms with van der Waals surface area (Å²) >= 11 is 0. The molecule has 0 spiro atoms. The first kappa shape index (κ1) is 56.1. The van der Waals surface area contributed by atoms with E-state index < -0.39 is 49.5 Å². The molecular weight excluding hydrogens is 767 g/mol. The highest BCUT2D eigenvalue weighted by Gasteiger charge is 2.44. The van der Waals surface area contributed by atoms with Crippen LogP contribution in [0.3, 0.4) is 0 Å². The first-order chi connectivity index (χ1) is 29.8. The molecule has 6 N–H and O–H groups in total. The molecule has 348 valence electrons. The van der Waals surface area contributed by atoms with Crippen LogP contribution in [0.1, 0.15) is 168 Å². The van der Waals surface area contributed by atoms with Gasteiger partial charge in [0.25, 0.3) is 0 Å². The minimum Gasteiger partial charge on any atom is -0.394 e. The molecule has 7 atom stereocenters. The monoisotopic (exact) mass is 854 g/mol. The van der Waals surface area contributed by atoms with Crippen LogP contribution in [-0.4, -0.2) is 87.5 Å². The van der Waals surface area contributed by atoms with Gasteiger partial charge in [-0.25, -0.2) is 0 Å². The van der Waals surface area contributed by atoms with Gasteiger partial charge in [-0.3, -0.25) is 4.79 Å². The third kappa shape index (κ3) is 31.6. The van der Waals surface area contributed by atoms with Crippen molar-refractivity contribution in [2.45, 2.75) is 211 Å². The van der Waals surface area contributed by atoms with Crippen LogP contribution in [0.15, 0.2) is 97.2 Å². The molecule has 0 bridgehead atoms. The Morgan fingerprint density at radius 2 is 1.02 bits per heavy atom. The maximum atomic E-state index is 13.0. The molecule has 7 unspecified atom stereocenters. The number of amides is 1. The summed E-state index contributed by atoms with van der Waals surface area (Å²) in [6.07, 6.45) is 51.7. The Balaban J connectivity index is 2.30. The van der Waals surface area contributed by atoms with E-state index in [1.54, 1.807) is 6.08 Å². The average Bonchev–Trinajstić information content (AvgIpc) is 3.26. The van der Waals surface area contributed by atoms with Crippen molar-refractivity contribution in [1.82, 2.24) is 5.32 Å². The molecule has 0 aromatic heterocycles. The molecule has 1 heterocycles. The van der Waals surface area contributed by atoms with Crippen LogP contribution in [0.4, 0.5) is 0 Å². The van der Waals surface area contributed by atoms with Crippen molar-refractivity contribution < 1.29 is 39.8 Å². The summed E-state index contributed by atoms with van der Waals surface area (Å²) in [4.78, 5) is 13.0. The molecule has 0 aromatic carbocycles. The number of aliphatic hydroxyl groups is 5. The van der Waals surface area contributed by atoms with Crippen LogP contribution in [0.25, 0.3) is 0 Å². The highest BCUT2D eigenvalue weighted by molar-refractivity contribution is 5.76. The van der Waals surface area contributed by atoms with E-state index in [1.165, 1.54) is 44.9 Å². The average molecular weight is 854 g/mol. The lowest BCUT2D eigenvalue weighted by Gasteiger charge is -2.40. The molecule has 0 saturated carbocycles. The minimum atomic E-state index is -1.57. The maximum Gasteiger partial charge on any atom is 0.220 e. The molecule has 61 heavy (non-hydrogen) atoms. The lowest BCUT2D eigenvalue weighted by molar-refractivity contribution is -0.302. The van der Waals surface area contributed by atoms with Crippen molar-refractivity contribution in [1.29, 1.82) is 0 Å². The summed E-state index contributed by atoms with van der Waals surface area (Å²) in [5.74, 6) is -0.203. The van der Waals surface area contributed by atoms with Gasteiger partial charge in [0.2, 0.25) is 5.91 Å². The lowest BCUT2D eigenvalue weighted by Crippen LogP contribution is -2.60. The first-order valence-electron chi connectivity index (χ1n) is 24.0. The fourth-order valence-corrected chi connectivity index (χ4v) is 6.84. The van der Waals surface area contributed by atoms with Crippen molar-refractivity contribution in [3.05, 3.63) is 97.2 Å². The summed E-state index contributed by atoms with van der Waals surface area (Å²) in [6, 6.07) is -0.820. The molecule has 0 aromatic rings. The van der Waals surface area contributed by atoms with Crippen molar-refractivity contribution in [2.24, 2.45) is 0 Å². The Hall–Kier alpha value is -2.89. The molecule has 1 rings (SSSR count). The van der Waals surface area contributed by atoms with Gasteiger partial charge in [-0.2, -0.15) is 0 Å². The lowest BCUT2D eigenvalue weighted by atomic mass is 9.99. The second-order valence-corrected chi connectivity index (χ2v) is 16.2. The fraction of sp³-hybridized carbons (Fsp3) is 0.673. The van der Waals surface area contributed by atoms with Gasteiger partial charge in [0.1, 0.15) is 24.4 Å². The smallest absolute Gasteiger partial charge is 0.220 e. The second kappa shape index (κ2) is 41.1. The Bertz CT molecular complexity index is 1270. The number of carbonyl (C=O) groups excluding carboxylic acids is 1. The number of nitrogens with one attached hydrogen (secondary N) is 1. The minimum absolute atomic E-state index is 0.203. The summed E-state index contributed by atoms with van der Waals surface area (Å²) < 4.78 is 11.2. The van der Waals surface area contributed by atoms with E-state index in [0.29, 0.717) is 6.42 Å². The Kier molecular flexibility index (Phi) is 37.9. The summed E-state index contributed by atoms with van der Waals surface area (Å²) in [7, 11) is 0. The number of allylic oxidation sites excluding steroid dienone is 15. The van der Waals surface area contributed by atoms with Gasteiger partial charge in [0.15, 0.2) is 6.29 Å². The predicted molar refractivity (Wildman–Crippen MR) is 253 cm³/mol. The molecule has 0 radical (unpaired) electrons. The highest BCUT2D eigenvalue weighted by atomic mass is 16.7. The molecule has 0 aliphatic carbocycles. The van der Waals surface area contributed by atoms with Crippen LogP contribution in [0, 0.1) is 0 Å². The molecule has 1 amide bonds. The van der Waals surface area contributed by atoms with Gasteiger partial charge < -0.3 is 40.3 Å². The van der Waals surface area contributed by atoms with Crippen molar-refractivity contribution in [3.8, 4) is 0 Å². The van der Waals surface area contributed by atoms with E-state index in [0.717, 1.165) is 103 Å². The molecule has 9 nitrogen and oxygen atoms in total. The molecule has 1 aliphatic rings. The van der Waals surface area contributed by atoms with Gasteiger partial charge in [0, 0.05) is 6.42 Å². The van der Waals surface area contributed by atoms with E-state index in [1.807, 2.05) is 6.08 Å². The topological polar surface area (TPSA) is 149 Å². The molecular formula is C52H87NO8. The normalized spacial score (nSPS) is 21.3. The van der Waals surface area contributed by atoms with Crippen molar-refractivity contribution >= 4 is 5.91 Å². The third-order valence-electron chi connectivity index (χ3n) is 10.7.